The topological polar surface area (TPSA) is 53.7 Å². The molecule has 4 nitrogen and oxygen atoms in total. The highest BCUT2D eigenvalue weighted by molar-refractivity contribution is 5.63. The molecule has 19 heavy (non-hydrogen) atoms. The molecular weight excluding hydrogens is 249 g/mol. The van der Waals surface area contributed by atoms with Crippen LogP contribution in [0.2, 0.25) is 0 Å². The standard InChI is InChI=1S/C14H12FNO3/c15-9-1-3-10(4-2-9)19-12-8-14-13(7-11(12)16)17-5-6-18-14/h1-4,7-8H,5-6,16H2. The molecule has 0 aliphatic carbocycles. The lowest BCUT2D eigenvalue weighted by atomic mass is 10.2. The third-order valence-corrected chi connectivity index (χ3v) is 2.72. The smallest absolute Gasteiger partial charge is 0.165 e. The Morgan fingerprint density at radius 2 is 1.63 bits per heavy atom. The summed E-state index contributed by atoms with van der Waals surface area (Å²) in [5.41, 5.74) is 6.33. The summed E-state index contributed by atoms with van der Waals surface area (Å²) in [6, 6.07) is 9.05. The molecule has 0 radical (unpaired) electrons. The predicted octanol–water partition coefficient (Wildman–Crippen LogP) is 2.97. The Morgan fingerprint density at radius 3 is 2.32 bits per heavy atom. The summed E-state index contributed by atoms with van der Waals surface area (Å²) in [6.45, 7) is 0.998. The minimum absolute atomic E-state index is 0.317. The van der Waals surface area contributed by atoms with Crippen LogP contribution in [0.25, 0.3) is 0 Å². The van der Waals surface area contributed by atoms with Crippen LogP contribution >= 0.6 is 0 Å². The molecule has 1 aliphatic heterocycles. The minimum Gasteiger partial charge on any atom is -0.486 e. The van der Waals surface area contributed by atoms with Gasteiger partial charge >= 0.3 is 0 Å². The van der Waals surface area contributed by atoms with Gasteiger partial charge in [-0.05, 0) is 24.3 Å². The summed E-state index contributed by atoms with van der Waals surface area (Å²) in [6.07, 6.45) is 0. The molecule has 5 heteroatoms. The Balaban J connectivity index is 1.90. The zero-order valence-electron chi connectivity index (χ0n) is 10.1. The SMILES string of the molecule is Nc1cc2c(cc1Oc1ccc(F)cc1)OCCO2. The van der Waals surface area contributed by atoms with Crippen molar-refractivity contribution in [2.45, 2.75) is 0 Å². The van der Waals surface area contributed by atoms with Crippen molar-refractivity contribution in [2.24, 2.45) is 0 Å². The molecule has 98 valence electrons. The van der Waals surface area contributed by atoms with Gasteiger partial charge in [0, 0.05) is 12.1 Å². The Bertz CT molecular complexity index is 598. The molecule has 0 aromatic heterocycles. The van der Waals surface area contributed by atoms with Gasteiger partial charge in [0.2, 0.25) is 0 Å². The van der Waals surface area contributed by atoms with Crippen LogP contribution in [-0.2, 0) is 0 Å². The van der Waals surface area contributed by atoms with E-state index in [0.29, 0.717) is 41.9 Å². The van der Waals surface area contributed by atoms with Crippen molar-refractivity contribution >= 4 is 5.69 Å². The largest absolute Gasteiger partial charge is 0.486 e. The summed E-state index contributed by atoms with van der Waals surface area (Å²) >= 11 is 0. The molecule has 2 aromatic carbocycles. The Morgan fingerprint density at radius 1 is 1.00 bits per heavy atom. The second kappa shape index (κ2) is 4.68. The number of nitrogen functional groups attached to an aromatic ring is 1. The van der Waals surface area contributed by atoms with Gasteiger partial charge in [-0.15, -0.1) is 0 Å². The molecular formula is C14H12FNO3. The summed E-state index contributed by atoms with van der Waals surface area (Å²) in [4.78, 5) is 0. The van der Waals surface area contributed by atoms with Crippen molar-refractivity contribution < 1.29 is 18.6 Å². The van der Waals surface area contributed by atoms with Gasteiger partial charge in [-0.2, -0.15) is 0 Å². The van der Waals surface area contributed by atoms with Gasteiger partial charge in [0.05, 0.1) is 5.69 Å². The van der Waals surface area contributed by atoms with Crippen LogP contribution in [0.3, 0.4) is 0 Å². The van der Waals surface area contributed by atoms with Gasteiger partial charge in [-0.3, -0.25) is 0 Å². The van der Waals surface area contributed by atoms with Crippen molar-refractivity contribution in [1.82, 2.24) is 0 Å². The summed E-state index contributed by atoms with van der Waals surface area (Å²) in [5.74, 6) is 1.84. The van der Waals surface area contributed by atoms with Crippen LogP contribution < -0.4 is 19.9 Å². The fourth-order valence-corrected chi connectivity index (χ4v) is 1.80. The summed E-state index contributed by atoms with van der Waals surface area (Å²) < 4.78 is 29.3. The Labute approximate surface area is 109 Å². The average molecular weight is 261 g/mol. The zero-order valence-corrected chi connectivity index (χ0v) is 10.1. The molecule has 0 atom stereocenters. The van der Waals surface area contributed by atoms with E-state index in [1.165, 1.54) is 24.3 Å². The number of nitrogens with two attached hydrogens (primary N) is 1. The van der Waals surface area contributed by atoms with E-state index in [-0.39, 0.29) is 5.82 Å². The van der Waals surface area contributed by atoms with Gasteiger partial charge < -0.3 is 19.9 Å². The molecule has 0 saturated carbocycles. The van der Waals surface area contributed by atoms with Crippen molar-refractivity contribution in [3.8, 4) is 23.0 Å². The normalized spacial score (nSPS) is 13.1. The fourth-order valence-electron chi connectivity index (χ4n) is 1.80. The lowest BCUT2D eigenvalue weighted by Gasteiger charge is -2.20. The molecule has 2 N–H and O–H groups in total. The molecule has 1 heterocycles. The fraction of sp³-hybridized carbons (Fsp3) is 0.143. The van der Waals surface area contributed by atoms with E-state index in [9.17, 15) is 4.39 Å². The lowest BCUT2D eigenvalue weighted by molar-refractivity contribution is 0.171. The van der Waals surface area contributed by atoms with E-state index >= 15 is 0 Å². The zero-order chi connectivity index (χ0) is 13.2. The maximum atomic E-state index is 12.8. The summed E-state index contributed by atoms with van der Waals surface area (Å²) in [7, 11) is 0. The van der Waals surface area contributed by atoms with Gasteiger partial charge in [0.1, 0.15) is 24.8 Å². The number of ether oxygens (including phenoxy) is 3. The highest BCUT2D eigenvalue weighted by Gasteiger charge is 2.15. The first-order valence-electron chi connectivity index (χ1n) is 5.85. The van der Waals surface area contributed by atoms with Crippen molar-refractivity contribution in [2.75, 3.05) is 18.9 Å². The van der Waals surface area contributed by atoms with Gasteiger partial charge in [-0.25, -0.2) is 4.39 Å². The van der Waals surface area contributed by atoms with E-state index in [0.717, 1.165) is 0 Å². The number of hydrogen-bond acceptors (Lipinski definition) is 4. The molecule has 1 aliphatic rings. The Kier molecular flexibility index (Phi) is 2.87. The van der Waals surface area contributed by atoms with Crippen molar-refractivity contribution in [3.05, 3.63) is 42.2 Å². The highest BCUT2D eigenvalue weighted by Crippen LogP contribution is 2.39. The maximum absolute atomic E-state index is 12.8. The van der Waals surface area contributed by atoms with E-state index in [1.807, 2.05) is 0 Å². The van der Waals surface area contributed by atoms with Crippen LogP contribution in [0.15, 0.2) is 36.4 Å². The van der Waals surface area contributed by atoms with Gasteiger partial charge in [-0.1, -0.05) is 0 Å². The minimum atomic E-state index is -0.317. The number of hydrogen-bond donors (Lipinski definition) is 1. The van der Waals surface area contributed by atoms with Crippen LogP contribution in [0.4, 0.5) is 10.1 Å². The molecule has 0 bridgehead atoms. The van der Waals surface area contributed by atoms with Crippen LogP contribution in [-0.4, -0.2) is 13.2 Å². The molecule has 0 fully saturated rings. The lowest BCUT2D eigenvalue weighted by Crippen LogP contribution is -2.15. The molecule has 3 rings (SSSR count). The van der Waals surface area contributed by atoms with Gasteiger partial charge in [0.25, 0.3) is 0 Å². The number of halogens is 1. The van der Waals surface area contributed by atoms with Gasteiger partial charge in [0.15, 0.2) is 17.2 Å². The van der Waals surface area contributed by atoms with E-state index < -0.39 is 0 Å². The maximum Gasteiger partial charge on any atom is 0.165 e. The molecule has 0 unspecified atom stereocenters. The first kappa shape index (κ1) is 11.6. The van der Waals surface area contributed by atoms with E-state index in [1.54, 1.807) is 12.1 Å². The second-order valence-corrected chi connectivity index (χ2v) is 4.09. The monoisotopic (exact) mass is 261 g/mol. The first-order valence-corrected chi connectivity index (χ1v) is 5.85. The van der Waals surface area contributed by atoms with Crippen LogP contribution in [0, 0.1) is 5.82 Å². The van der Waals surface area contributed by atoms with Crippen LogP contribution in [0.1, 0.15) is 0 Å². The number of anilines is 1. The summed E-state index contributed by atoms with van der Waals surface area (Å²) in [5, 5.41) is 0. The Hall–Kier alpha value is -2.43. The number of rotatable bonds is 2. The average Bonchev–Trinajstić information content (AvgIpc) is 2.42. The molecule has 0 amide bonds. The van der Waals surface area contributed by atoms with Crippen LogP contribution in [0.5, 0.6) is 23.0 Å². The first-order chi connectivity index (χ1) is 9.22. The number of fused-ring (bicyclic) bond motifs is 1. The quantitative estimate of drug-likeness (QED) is 0.844. The second-order valence-electron chi connectivity index (χ2n) is 4.09. The highest BCUT2D eigenvalue weighted by atomic mass is 19.1. The van der Waals surface area contributed by atoms with E-state index in [2.05, 4.69) is 0 Å². The molecule has 0 spiro atoms. The third-order valence-electron chi connectivity index (χ3n) is 2.72. The molecule has 2 aromatic rings. The molecule has 0 saturated heterocycles. The number of benzene rings is 2. The van der Waals surface area contributed by atoms with Crippen molar-refractivity contribution in [1.29, 1.82) is 0 Å². The third kappa shape index (κ3) is 2.40. The van der Waals surface area contributed by atoms with E-state index in [4.69, 9.17) is 19.9 Å². The van der Waals surface area contributed by atoms with Crippen molar-refractivity contribution in [3.63, 3.8) is 0 Å². The predicted molar refractivity (Wildman–Crippen MR) is 68.3 cm³/mol.